The minimum atomic E-state index is -0.833. The second-order valence-electron chi connectivity index (χ2n) is 37.6. The van der Waals surface area contributed by atoms with Crippen molar-refractivity contribution in [2.45, 2.75) is 200 Å². The molecule has 0 aromatic heterocycles. The lowest BCUT2D eigenvalue weighted by Gasteiger charge is -2.37. The first kappa shape index (κ1) is 130. The number of hydrogen-bond acceptors (Lipinski definition) is 23. The third-order valence-corrected chi connectivity index (χ3v) is 21.1. The van der Waals surface area contributed by atoms with Gasteiger partial charge in [0.2, 0.25) is 6.08 Å². The van der Waals surface area contributed by atoms with Crippen LogP contribution in [0.2, 0.25) is 0 Å². The summed E-state index contributed by atoms with van der Waals surface area (Å²) in [4.78, 5) is 75.2. The summed E-state index contributed by atoms with van der Waals surface area (Å²) in [6, 6.07) is 71.8. The predicted octanol–water partition coefficient (Wildman–Crippen LogP) is 22.5. The first-order valence-corrected chi connectivity index (χ1v) is 50.5. The fraction of sp³-hybridized carbons (Fsp3) is 0.432. The van der Waals surface area contributed by atoms with Crippen molar-refractivity contribution in [1.82, 2.24) is 30.2 Å². The summed E-state index contributed by atoms with van der Waals surface area (Å²) in [5.41, 5.74) is 25.7. The highest BCUT2D eigenvalue weighted by molar-refractivity contribution is 5.80. The van der Waals surface area contributed by atoms with Crippen LogP contribution in [-0.2, 0) is 60.2 Å². The van der Waals surface area contributed by atoms with E-state index in [1.165, 1.54) is 86.8 Å². The number of benzene rings is 10. The minimum Gasteiger partial charge on any atom is -0.508 e. The van der Waals surface area contributed by atoms with Crippen LogP contribution in [0.25, 0.3) is 0 Å². The number of aldehydes is 2. The average molecular weight is 2040 g/mol. The van der Waals surface area contributed by atoms with Gasteiger partial charge < -0.3 is 91.3 Å². The third kappa shape index (κ3) is 65.9. The molecule has 147 heavy (non-hydrogen) atoms. The van der Waals surface area contributed by atoms with Crippen molar-refractivity contribution < 1.29 is 85.8 Å². The summed E-state index contributed by atoms with van der Waals surface area (Å²) in [6.45, 7) is 44.8. The second kappa shape index (κ2) is 79.2. The number of halogens is 3. The number of amides is 2. The van der Waals surface area contributed by atoms with E-state index in [4.69, 9.17) is 65.8 Å². The number of nitrogens with two attached hydrogens (primary N) is 3. The lowest BCUT2D eigenvalue weighted by atomic mass is 10.0. The molecule has 804 valence electrons. The monoisotopic (exact) mass is 2030 g/mol. The van der Waals surface area contributed by atoms with Crippen LogP contribution in [0, 0.1) is 53.0 Å². The Labute approximate surface area is 873 Å². The number of phenolic OH excluding ortho intramolecular Hbond substituents is 1. The standard InChI is InChI=1S/C25H34FN3O2.C13H19FN2.C12H15NO2.C11H15NO2.2C11H17NO.C11H14O2.C7H8FN.C7H6O2.C6H11NO.C2H4O2.C2H6/c1-19(2)18-31-24-10-6-20(7-11-24)16-27-25(30)29(23-12-14-28(3)15-13-23)17-21-4-8-22(26)9-5-21;1-16-8-6-13(7-9-16)15-10-11-2-4-12(14)5-3-11;1-10(2)8-15-12-5-3-11(4-6-12)7-13-9-14;1-9(2)8-14-11-5-3-10(4-6-11)7-12-13;3*1-9(2)8-13-11-5-3-10(7-12)4-6-11;8-7-3-1-6(5-9)2-4-7;8-5-6-1-3-7(9)4-2-6;1-7-4-2-6(8)3-5-7;1-2(3)4;1-2/h4-11,19,23H,12-18H2,1-3H3,(H,27,30);2-5,13,15H,6-10H2,1H3;3-6,10H,7-8H2,1-2H3;3-7,9,13H,8H2,1-2H3;2*3-6,9H,7-8,12H2,1-2H3;3-7,9H,8H2,1-2H3;1-4H,5,9H2;1-5,9H;2-5H2,1H3;1H3,(H,3,4);1-2H3/b;;;12-7+;;;;;;;;. The first-order chi connectivity index (χ1) is 70.4. The largest absolute Gasteiger partial charge is 0.508 e. The van der Waals surface area contributed by atoms with Crippen LogP contribution < -0.4 is 56.3 Å². The summed E-state index contributed by atoms with van der Waals surface area (Å²) < 4.78 is 71.4. The van der Waals surface area contributed by atoms with Gasteiger partial charge in [0.05, 0.1) is 52.4 Å². The molecule has 2 amide bonds. The van der Waals surface area contributed by atoms with Gasteiger partial charge in [-0.1, -0.05) is 187 Å². The highest BCUT2D eigenvalue weighted by Crippen LogP contribution is 2.24. The molecule has 10 aromatic carbocycles. The number of carbonyl (C=O) groups is 5. The number of phenols is 1. The molecule has 0 bridgehead atoms. The first-order valence-electron chi connectivity index (χ1n) is 50.5. The van der Waals surface area contributed by atoms with Crippen LogP contribution >= 0.6 is 0 Å². The van der Waals surface area contributed by atoms with E-state index < -0.39 is 5.97 Å². The summed E-state index contributed by atoms with van der Waals surface area (Å²) in [7, 11) is 6.32. The van der Waals surface area contributed by atoms with Gasteiger partial charge in [0, 0.05) is 95.3 Å². The Bertz CT molecular complexity index is 5080. The van der Waals surface area contributed by atoms with E-state index in [1.54, 1.807) is 48.5 Å². The molecule has 29 heteroatoms. The highest BCUT2D eigenvalue weighted by atomic mass is 19.1. The number of aromatic hydroxyl groups is 1. The van der Waals surface area contributed by atoms with Crippen molar-refractivity contribution in [2.24, 2.45) is 62.9 Å². The molecule has 0 unspecified atom stereocenters. The zero-order valence-corrected chi connectivity index (χ0v) is 89.9. The summed E-state index contributed by atoms with van der Waals surface area (Å²) in [5.74, 6) is 7.48. The molecule has 0 atom stereocenters. The van der Waals surface area contributed by atoms with E-state index in [2.05, 4.69) is 133 Å². The molecule has 3 aliphatic rings. The van der Waals surface area contributed by atoms with Crippen molar-refractivity contribution in [3.05, 3.63) is 316 Å². The maximum absolute atomic E-state index is 13.3. The molecule has 3 fully saturated rings. The molecule has 0 spiro atoms. The smallest absolute Gasteiger partial charge is 0.318 e. The molecular formula is C118H166F3N11O15. The Balaban J connectivity index is 0.000000562. The van der Waals surface area contributed by atoms with Gasteiger partial charge in [0.15, 0.2) is 0 Å². The number of aliphatic imine (C=N–C) groups is 1. The highest BCUT2D eigenvalue weighted by Gasteiger charge is 2.28. The zero-order valence-electron chi connectivity index (χ0n) is 89.9. The van der Waals surface area contributed by atoms with Gasteiger partial charge in [-0.3, -0.25) is 19.2 Å². The number of aliphatic carboxylic acids is 1. The van der Waals surface area contributed by atoms with Gasteiger partial charge >= 0.3 is 6.03 Å². The number of nitrogens with zero attached hydrogens (tertiary/aromatic N) is 6. The molecule has 0 aliphatic carbocycles. The molecular weight excluding hydrogens is 1870 g/mol. The maximum atomic E-state index is 13.3. The van der Waals surface area contributed by atoms with Gasteiger partial charge in [-0.15, -0.1) is 0 Å². The van der Waals surface area contributed by atoms with E-state index in [0.717, 1.165) is 170 Å². The predicted molar refractivity (Wildman–Crippen MR) is 586 cm³/mol. The van der Waals surface area contributed by atoms with Gasteiger partial charge in [0.25, 0.3) is 5.97 Å². The number of likely N-dealkylation sites (tertiary alicyclic amines) is 3. The number of nitrogens with one attached hydrogen (secondary N) is 2. The number of carboxylic acids is 1. The Kier molecular flexibility index (Phi) is 70.0. The van der Waals surface area contributed by atoms with Gasteiger partial charge in [0.1, 0.15) is 76.1 Å². The minimum absolute atomic E-state index is 0.0842. The van der Waals surface area contributed by atoms with E-state index in [9.17, 15) is 37.1 Å². The molecule has 3 heterocycles. The Hall–Kier alpha value is -13.1. The van der Waals surface area contributed by atoms with Crippen molar-refractivity contribution in [2.75, 3.05) is 100 Å². The number of ketones is 1. The molecule has 10 aromatic rings. The van der Waals surface area contributed by atoms with E-state index in [0.29, 0.717) is 124 Å². The van der Waals surface area contributed by atoms with E-state index in [1.807, 2.05) is 171 Å². The number of Topliss-reactive ketones (excluding diaryl/α,β-unsaturated/α-hetero) is 1. The number of oxime groups is 1. The number of rotatable bonds is 34. The molecule has 13 rings (SSSR count). The van der Waals surface area contributed by atoms with Gasteiger partial charge in [-0.05, 0) is 311 Å². The van der Waals surface area contributed by atoms with Crippen LogP contribution in [0.3, 0.4) is 0 Å². The molecule has 26 nitrogen and oxygen atoms in total. The van der Waals surface area contributed by atoms with Crippen molar-refractivity contribution in [3.63, 3.8) is 0 Å². The summed E-state index contributed by atoms with van der Waals surface area (Å²) >= 11 is 0. The number of carboxylic acid groups (broad SMARTS) is 1. The molecule has 11 N–H and O–H groups in total. The lowest BCUT2D eigenvalue weighted by molar-refractivity contribution is -0.134. The van der Waals surface area contributed by atoms with Crippen molar-refractivity contribution in [3.8, 4) is 40.2 Å². The number of piperidine rings is 3. The van der Waals surface area contributed by atoms with Crippen molar-refractivity contribution >= 4 is 42.7 Å². The topological polar surface area (TPSA) is 358 Å². The Morgan fingerprint density at radius 3 is 1.00 bits per heavy atom. The van der Waals surface area contributed by atoms with Gasteiger partial charge in [-0.2, -0.15) is 0 Å². The van der Waals surface area contributed by atoms with Crippen LogP contribution in [-0.4, -0.2) is 190 Å². The Morgan fingerprint density at radius 2 is 0.694 bits per heavy atom. The number of ether oxygens (including phenoxy) is 6. The average Bonchev–Trinajstić information content (AvgIpc) is 0.837. The SMILES string of the molecule is CC.CC(=O)O.CC(C)COc1ccc(/C=N/O)cc1.CC(C)COc1ccc(C=O)cc1.CC(C)COc1ccc(CN)cc1.CC(C)COc1ccc(CN)cc1.CC(C)COc1ccc(CN=C=O)cc1.CC(C)COc1ccc(CNC(=O)N(Cc2ccc(F)cc2)C2CCN(C)CC2)cc1.CN1CCC(=O)CC1.CN1CCC(NCc2ccc(F)cc2)CC1.NCc1ccc(F)cc1.O=Cc1ccc(O)cc1. The number of carbonyl (C=O) groups excluding carboxylic acids is 5. The van der Waals surface area contributed by atoms with Crippen LogP contribution in [0.4, 0.5) is 18.0 Å². The fourth-order valence-electron chi connectivity index (χ4n) is 12.8. The van der Waals surface area contributed by atoms with E-state index >= 15 is 0 Å². The Morgan fingerprint density at radius 1 is 0.422 bits per heavy atom. The number of urea groups is 1. The normalized spacial score (nSPS) is 12.7. The quantitative estimate of drug-likeness (QED) is 0.00610. The fourth-order valence-corrected chi connectivity index (χ4v) is 12.8. The third-order valence-electron chi connectivity index (χ3n) is 21.1. The molecule has 3 saturated heterocycles. The van der Waals surface area contributed by atoms with E-state index in [-0.39, 0.29) is 35.3 Å². The summed E-state index contributed by atoms with van der Waals surface area (Å²) in [5, 5.41) is 34.0. The zero-order chi connectivity index (χ0) is 109. The van der Waals surface area contributed by atoms with Gasteiger partial charge in [-0.25, -0.2) is 27.8 Å². The maximum Gasteiger partial charge on any atom is 0.318 e. The van der Waals surface area contributed by atoms with Crippen molar-refractivity contribution in [1.29, 1.82) is 0 Å². The lowest BCUT2D eigenvalue weighted by Crippen LogP contribution is -2.49. The van der Waals surface area contributed by atoms with Crippen LogP contribution in [0.1, 0.15) is 208 Å². The molecule has 0 radical (unpaired) electrons. The second-order valence-corrected chi connectivity index (χ2v) is 37.6. The molecule has 3 aliphatic heterocycles. The van der Waals surface area contributed by atoms with Crippen LogP contribution in [0.15, 0.2) is 253 Å². The molecule has 0 saturated carbocycles. The van der Waals surface area contributed by atoms with Crippen LogP contribution in [0.5, 0.6) is 40.2 Å². The number of hydrogen-bond donors (Lipinski definition) is 8. The number of isocyanates is 1. The summed E-state index contributed by atoms with van der Waals surface area (Å²) in [6.07, 6.45) is 10.3.